The van der Waals surface area contributed by atoms with E-state index in [2.05, 4.69) is 15.3 Å². The smallest absolute Gasteiger partial charge is 0.328 e. The minimum absolute atomic E-state index is 0.385. The third-order valence-corrected chi connectivity index (χ3v) is 3.43. The highest BCUT2D eigenvalue weighted by Crippen LogP contribution is 2.25. The molecule has 0 radical (unpaired) electrons. The van der Waals surface area contributed by atoms with Crippen LogP contribution in [0.4, 0.5) is 5.82 Å². The van der Waals surface area contributed by atoms with Crippen LogP contribution in [0.3, 0.4) is 0 Å². The molecular formula is C17H15N3O3. The Morgan fingerprint density at radius 3 is 2.43 bits per heavy atom. The lowest BCUT2D eigenvalue weighted by molar-refractivity contribution is -0.138. The molecule has 3 aromatic rings. The van der Waals surface area contributed by atoms with Gasteiger partial charge in [-0.05, 0) is 12.1 Å². The Morgan fingerprint density at radius 1 is 1.04 bits per heavy atom. The minimum Gasteiger partial charge on any atom is -0.480 e. The first kappa shape index (κ1) is 14.9. The molecule has 0 unspecified atom stereocenters. The third kappa shape index (κ3) is 3.12. The molecule has 0 aliphatic heterocycles. The lowest BCUT2D eigenvalue weighted by Crippen LogP contribution is -2.33. The maximum absolute atomic E-state index is 11.2. The average molecular weight is 309 g/mol. The normalized spacial score (nSPS) is 12.0. The highest BCUT2D eigenvalue weighted by atomic mass is 16.4. The number of hydrogen-bond donors (Lipinski definition) is 3. The molecule has 6 nitrogen and oxygen atoms in total. The van der Waals surface area contributed by atoms with E-state index in [0.717, 1.165) is 5.56 Å². The van der Waals surface area contributed by atoms with Crippen LogP contribution in [0.2, 0.25) is 0 Å². The van der Waals surface area contributed by atoms with Crippen molar-refractivity contribution < 1.29 is 15.0 Å². The lowest BCUT2D eigenvalue weighted by atomic mass is 10.1. The van der Waals surface area contributed by atoms with Crippen LogP contribution in [-0.2, 0) is 4.79 Å². The maximum Gasteiger partial charge on any atom is 0.328 e. The number of aliphatic carboxylic acids is 1. The van der Waals surface area contributed by atoms with E-state index < -0.39 is 18.6 Å². The largest absolute Gasteiger partial charge is 0.480 e. The fourth-order valence-corrected chi connectivity index (χ4v) is 2.25. The van der Waals surface area contributed by atoms with E-state index in [9.17, 15) is 9.90 Å². The van der Waals surface area contributed by atoms with Gasteiger partial charge in [0.2, 0.25) is 0 Å². The number of nitrogens with zero attached hydrogens (tertiary/aromatic N) is 2. The van der Waals surface area contributed by atoms with E-state index in [0.29, 0.717) is 22.5 Å². The van der Waals surface area contributed by atoms with Gasteiger partial charge < -0.3 is 15.5 Å². The van der Waals surface area contributed by atoms with Crippen molar-refractivity contribution in [3.63, 3.8) is 0 Å². The Bertz CT molecular complexity index is 837. The molecule has 6 heteroatoms. The number of anilines is 1. The van der Waals surface area contributed by atoms with Crippen LogP contribution >= 0.6 is 0 Å². The molecule has 0 saturated heterocycles. The number of carboxylic acids is 1. The molecule has 0 aliphatic carbocycles. The summed E-state index contributed by atoms with van der Waals surface area (Å²) in [5.41, 5.74) is 1.53. The standard InChI is InChI=1S/C17H15N3O3/c21-10-14(17(22)23)19-16-12-8-4-5-9-13(12)18-15(20-16)11-6-2-1-3-7-11/h1-9,14,21H,10H2,(H,22,23)(H,18,19,20)/t14-/m0/s1. The van der Waals surface area contributed by atoms with Gasteiger partial charge in [0.1, 0.15) is 11.9 Å². The second-order valence-electron chi connectivity index (χ2n) is 5.00. The summed E-state index contributed by atoms with van der Waals surface area (Å²) in [6, 6.07) is 15.6. The molecule has 116 valence electrons. The van der Waals surface area contributed by atoms with Crippen molar-refractivity contribution >= 4 is 22.7 Å². The molecule has 0 spiro atoms. The molecule has 0 saturated carbocycles. The van der Waals surface area contributed by atoms with Crippen LogP contribution in [-0.4, -0.2) is 38.8 Å². The summed E-state index contributed by atoms with van der Waals surface area (Å²) in [5.74, 6) is -0.263. The Morgan fingerprint density at radius 2 is 1.74 bits per heavy atom. The van der Waals surface area contributed by atoms with Crippen LogP contribution in [0.5, 0.6) is 0 Å². The Hall–Kier alpha value is -2.99. The fraction of sp³-hybridized carbons (Fsp3) is 0.118. The van der Waals surface area contributed by atoms with Crippen molar-refractivity contribution in [1.82, 2.24) is 9.97 Å². The molecule has 2 aromatic carbocycles. The van der Waals surface area contributed by atoms with Crippen LogP contribution in [0.1, 0.15) is 0 Å². The van der Waals surface area contributed by atoms with Crippen molar-refractivity contribution in [1.29, 1.82) is 0 Å². The van der Waals surface area contributed by atoms with Crippen LogP contribution in [0, 0.1) is 0 Å². The van der Waals surface area contributed by atoms with Gasteiger partial charge in [-0.1, -0.05) is 42.5 Å². The summed E-state index contributed by atoms with van der Waals surface area (Å²) in [6.07, 6.45) is 0. The molecular weight excluding hydrogens is 294 g/mol. The van der Waals surface area contributed by atoms with Gasteiger partial charge in [-0.15, -0.1) is 0 Å². The number of aromatic nitrogens is 2. The van der Waals surface area contributed by atoms with E-state index in [-0.39, 0.29) is 0 Å². The average Bonchev–Trinajstić information content (AvgIpc) is 2.59. The zero-order valence-corrected chi connectivity index (χ0v) is 12.2. The number of hydrogen-bond acceptors (Lipinski definition) is 5. The molecule has 3 N–H and O–H groups in total. The molecule has 0 fully saturated rings. The molecule has 0 aliphatic rings. The van der Waals surface area contributed by atoms with Gasteiger partial charge in [-0.3, -0.25) is 0 Å². The van der Waals surface area contributed by atoms with Crippen LogP contribution in [0.15, 0.2) is 54.6 Å². The van der Waals surface area contributed by atoms with Crippen molar-refractivity contribution in [3.05, 3.63) is 54.6 Å². The minimum atomic E-state index is -1.14. The SMILES string of the molecule is O=C(O)[C@H](CO)Nc1nc(-c2ccccc2)nc2ccccc12. The Labute approximate surface area is 132 Å². The second kappa shape index (κ2) is 6.41. The third-order valence-electron chi connectivity index (χ3n) is 3.43. The molecule has 0 bridgehead atoms. The van der Waals surface area contributed by atoms with Crippen molar-refractivity contribution in [2.24, 2.45) is 0 Å². The van der Waals surface area contributed by atoms with E-state index >= 15 is 0 Å². The number of benzene rings is 2. The molecule has 1 atom stereocenters. The van der Waals surface area contributed by atoms with E-state index in [4.69, 9.17) is 5.11 Å². The predicted octanol–water partition coefficient (Wildman–Crippen LogP) is 2.15. The topological polar surface area (TPSA) is 95.3 Å². The zero-order valence-electron chi connectivity index (χ0n) is 12.2. The van der Waals surface area contributed by atoms with Gasteiger partial charge >= 0.3 is 5.97 Å². The number of carbonyl (C=O) groups is 1. The molecule has 23 heavy (non-hydrogen) atoms. The van der Waals surface area contributed by atoms with E-state index in [1.165, 1.54) is 0 Å². The summed E-state index contributed by atoms with van der Waals surface area (Å²) in [7, 11) is 0. The first-order valence-corrected chi connectivity index (χ1v) is 7.11. The fourth-order valence-electron chi connectivity index (χ4n) is 2.25. The Kier molecular flexibility index (Phi) is 4.16. The number of nitrogens with one attached hydrogen (secondary N) is 1. The summed E-state index contributed by atoms with van der Waals surface area (Å²) in [5, 5.41) is 21.8. The van der Waals surface area contributed by atoms with Crippen molar-refractivity contribution in [3.8, 4) is 11.4 Å². The second-order valence-corrected chi connectivity index (χ2v) is 5.00. The van der Waals surface area contributed by atoms with Crippen molar-refractivity contribution in [2.75, 3.05) is 11.9 Å². The lowest BCUT2D eigenvalue weighted by Gasteiger charge is -2.15. The van der Waals surface area contributed by atoms with Crippen molar-refractivity contribution in [2.45, 2.75) is 6.04 Å². The summed E-state index contributed by atoms with van der Waals surface area (Å²) >= 11 is 0. The summed E-state index contributed by atoms with van der Waals surface area (Å²) in [6.45, 7) is -0.533. The Balaban J connectivity index is 2.13. The van der Waals surface area contributed by atoms with E-state index in [1.807, 2.05) is 54.6 Å². The highest BCUT2D eigenvalue weighted by Gasteiger charge is 2.18. The highest BCUT2D eigenvalue weighted by molar-refractivity contribution is 5.92. The number of aliphatic hydroxyl groups excluding tert-OH is 1. The molecule has 0 amide bonds. The van der Waals surface area contributed by atoms with Gasteiger partial charge in [-0.25, -0.2) is 14.8 Å². The first-order chi connectivity index (χ1) is 11.2. The van der Waals surface area contributed by atoms with E-state index in [1.54, 1.807) is 0 Å². The van der Waals surface area contributed by atoms with Crippen LogP contribution in [0.25, 0.3) is 22.3 Å². The number of para-hydroxylation sites is 1. The molecule has 3 rings (SSSR count). The van der Waals surface area contributed by atoms with Crippen LogP contribution < -0.4 is 5.32 Å². The quantitative estimate of drug-likeness (QED) is 0.668. The number of aliphatic hydroxyl groups is 1. The summed E-state index contributed by atoms with van der Waals surface area (Å²) < 4.78 is 0. The predicted molar refractivity (Wildman–Crippen MR) is 87.1 cm³/mol. The zero-order chi connectivity index (χ0) is 16.2. The van der Waals surface area contributed by atoms with Gasteiger partial charge in [0.15, 0.2) is 5.82 Å². The number of carboxylic acid groups (broad SMARTS) is 1. The maximum atomic E-state index is 11.2. The molecule has 1 heterocycles. The summed E-state index contributed by atoms with van der Waals surface area (Å²) in [4.78, 5) is 20.1. The van der Waals surface area contributed by atoms with Gasteiger partial charge in [0, 0.05) is 10.9 Å². The van der Waals surface area contributed by atoms with Gasteiger partial charge in [0.05, 0.1) is 12.1 Å². The first-order valence-electron chi connectivity index (χ1n) is 7.11. The molecule has 1 aromatic heterocycles. The number of rotatable bonds is 5. The van der Waals surface area contributed by atoms with Gasteiger partial charge in [0.25, 0.3) is 0 Å². The monoisotopic (exact) mass is 309 g/mol. The number of fused-ring (bicyclic) bond motifs is 1. The van der Waals surface area contributed by atoms with Gasteiger partial charge in [-0.2, -0.15) is 0 Å².